The van der Waals surface area contributed by atoms with E-state index in [0.717, 1.165) is 47.2 Å². The van der Waals surface area contributed by atoms with Gasteiger partial charge in [0.25, 0.3) is 0 Å². The van der Waals surface area contributed by atoms with E-state index in [4.69, 9.17) is 20.8 Å². The molecule has 21 heavy (non-hydrogen) atoms. The first-order valence-electron chi connectivity index (χ1n) is 7.26. The van der Waals surface area contributed by atoms with E-state index in [1.165, 1.54) is 0 Å². The molecule has 0 aliphatic heterocycles. The predicted molar refractivity (Wildman–Crippen MR) is 86.2 cm³/mol. The summed E-state index contributed by atoms with van der Waals surface area (Å²) in [7, 11) is 1.68. The number of hydrogen-bond acceptors (Lipinski definition) is 3. The maximum atomic E-state index is 6.11. The summed E-state index contributed by atoms with van der Waals surface area (Å²) in [4.78, 5) is 0. The fraction of sp³-hybridized carbons (Fsp3) is 0.412. The van der Waals surface area contributed by atoms with Gasteiger partial charge in [0, 0.05) is 5.02 Å². The highest BCUT2D eigenvalue weighted by atomic mass is 35.5. The molecule has 0 spiro atoms. The van der Waals surface area contributed by atoms with Gasteiger partial charge in [-0.3, -0.25) is 0 Å². The topological polar surface area (TPSA) is 34.4 Å². The minimum absolute atomic E-state index is 0.117. The number of methoxy groups -OCH3 is 1. The zero-order valence-corrected chi connectivity index (χ0v) is 13.5. The Balaban J connectivity index is 2.24. The van der Waals surface area contributed by atoms with Crippen LogP contribution in [0.4, 0.5) is 0 Å². The van der Waals surface area contributed by atoms with E-state index < -0.39 is 0 Å². The van der Waals surface area contributed by atoms with Crippen molar-refractivity contribution in [2.75, 3.05) is 13.7 Å². The van der Waals surface area contributed by atoms with Crippen molar-refractivity contribution in [3.8, 4) is 5.75 Å². The second-order valence-electron chi connectivity index (χ2n) is 5.12. The van der Waals surface area contributed by atoms with Gasteiger partial charge in [0.2, 0.25) is 0 Å². The molecule has 0 saturated heterocycles. The van der Waals surface area contributed by atoms with E-state index in [-0.39, 0.29) is 6.04 Å². The molecule has 0 amide bonds. The van der Waals surface area contributed by atoms with Crippen molar-refractivity contribution in [3.05, 3.63) is 52.4 Å². The maximum absolute atomic E-state index is 6.11. The molecule has 2 aromatic rings. The second-order valence-corrected chi connectivity index (χ2v) is 5.55. The van der Waals surface area contributed by atoms with Crippen LogP contribution in [0, 0.1) is 6.92 Å². The Labute approximate surface area is 131 Å². The van der Waals surface area contributed by atoms with Crippen LogP contribution in [-0.2, 0) is 6.42 Å². The van der Waals surface area contributed by atoms with Crippen molar-refractivity contribution in [2.24, 2.45) is 0 Å². The fourth-order valence-electron chi connectivity index (χ4n) is 2.36. The Morgan fingerprint density at radius 1 is 1.29 bits per heavy atom. The van der Waals surface area contributed by atoms with Gasteiger partial charge < -0.3 is 14.5 Å². The maximum Gasteiger partial charge on any atom is 0.122 e. The molecule has 4 heteroatoms. The standard InChI is InChI=1S/C17H22ClNO2/c1-4-9-19-15(17-7-5-12(2)21-17)11-13-10-14(18)6-8-16(13)20-3/h5-8,10,15,19H,4,9,11H2,1-3H3. The van der Waals surface area contributed by atoms with Gasteiger partial charge in [-0.15, -0.1) is 0 Å². The van der Waals surface area contributed by atoms with Gasteiger partial charge >= 0.3 is 0 Å². The van der Waals surface area contributed by atoms with E-state index >= 15 is 0 Å². The van der Waals surface area contributed by atoms with E-state index in [1.54, 1.807) is 7.11 Å². The zero-order chi connectivity index (χ0) is 15.2. The normalized spacial score (nSPS) is 12.4. The molecule has 0 saturated carbocycles. The minimum Gasteiger partial charge on any atom is -0.496 e. The van der Waals surface area contributed by atoms with Crippen LogP contribution in [0.25, 0.3) is 0 Å². The van der Waals surface area contributed by atoms with E-state index in [0.29, 0.717) is 0 Å². The van der Waals surface area contributed by atoms with Crippen LogP contribution in [-0.4, -0.2) is 13.7 Å². The second kappa shape index (κ2) is 7.53. The summed E-state index contributed by atoms with van der Waals surface area (Å²) >= 11 is 6.11. The average Bonchev–Trinajstić information content (AvgIpc) is 2.90. The highest BCUT2D eigenvalue weighted by Gasteiger charge is 2.17. The first-order valence-corrected chi connectivity index (χ1v) is 7.64. The molecule has 1 unspecified atom stereocenters. The average molecular weight is 308 g/mol. The minimum atomic E-state index is 0.117. The van der Waals surface area contributed by atoms with E-state index in [1.807, 2.05) is 37.3 Å². The summed E-state index contributed by atoms with van der Waals surface area (Å²) in [6.45, 7) is 5.05. The lowest BCUT2D eigenvalue weighted by atomic mass is 10.0. The van der Waals surface area contributed by atoms with Crippen LogP contribution in [0.5, 0.6) is 5.75 Å². The lowest BCUT2D eigenvalue weighted by Crippen LogP contribution is -2.23. The highest BCUT2D eigenvalue weighted by Crippen LogP contribution is 2.28. The lowest BCUT2D eigenvalue weighted by molar-refractivity contribution is 0.384. The number of aryl methyl sites for hydroxylation is 1. The summed E-state index contributed by atoms with van der Waals surface area (Å²) in [5.74, 6) is 2.72. The van der Waals surface area contributed by atoms with Crippen molar-refractivity contribution in [1.29, 1.82) is 0 Å². The summed E-state index contributed by atoms with van der Waals surface area (Å²) in [5.41, 5.74) is 1.08. The molecule has 2 rings (SSSR count). The number of hydrogen-bond donors (Lipinski definition) is 1. The number of nitrogens with one attached hydrogen (secondary N) is 1. The Kier molecular flexibility index (Phi) is 5.71. The highest BCUT2D eigenvalue weighted by molar-refractivity contribution is 6.30. The molecular formula is C17H22ClNO2. The summed E-state index contributed by atoms with van der Waals surface area (Å²) in [6.07, 6.45) is 1.85. The first kappa shape index (κ1) is 15.9. The number of rotatable bonds is 7. The third-order valence-corrected chi connectivity index (χ3v) is 3.65. The summed E-state index contributed by atoms with van der Waals surface area (Å²) in [5, 5.41) is 4.24. The Hall–Kier alpha value is -1.45. The van der Waals surface area contributed by atoms with Crippen LogP contribution >= 0.6 is 11.6 Å². The van der Waals surface area contributed by atoms with Gasteiger partial charge in [-0.05, 0) is 62.2 Å². The zero-order valence-electron chi connectivity index (χ0n) is 12.8. The molecule has 1 aromatic carbocycles. The van der Waals surface area contributed by atoms with Crippen molar-refractivity contribution >= 4 is 11.6 Å². The van der Waals surface area contributed by atoms with E-state index in [2.05, 4.69) is 12.2 Å². The molecule has 0 aliphatic carbocycles. The van der Waals surface area contributed by atoms with Crippen molar-refractivity contribution in [2.45, 2.75) is 32.7 Å². The molecule has 0 bridgehead atoms. The smallest absolute Gasteiger partial charge is 0.122 e. The third kappa shape index (κ3) is 4.26. The van der Waals surface area contributed by atoms with Gasteiger partial charge in [0.05, 0.1) is 13.2 Å². The van der Waals surface area contributed by atoms with Crippen molar-refractivity contribution in [3.63, 3.8) is 0 Å². The quantitative estimate of drug-likeness (QED) is 0.816. The van der Waals surface area contributed by atoms with Gasteiger partial charge in [-0.2, -0.15) is 0 Å². The Morgan fingerprint density at radius 3 is 2.71 bits per heavy atom. The van der Waals surface area contributed by atoms with Gasteiger partial charge in [-0.25, -0.2) is 0 Å². The molecule has 114 valence electrons. The van der Waals surface area contributed by atoms with Gasteiger partial charge in [-0.1, -0.05) is 18.5 Å². The molecule has 3 nitrogen and oxygen atoms in total. The lowest BCUT2D eigenvalue weighted by Gasteiger charge is -2.18. The number of furan rings is 1. The third-order valence-electron chi connectivity index (χ3n) is 3.41. The van der Waals surface area contributed by atoms with Crippen LogP contribution in [0.2, 0.25) is 5.02 Å². The fourth-order valence-corrected chi connectivity index (χ4v) is 2.55. The molecule has 1 atom stereocenters. The van der Waals surface area contributed by atoms with Crippen LogP contribution < -0.4 is 10.1 Å². The molecule has 1 aromatic heterocycles. The largest absolute Gasteiger partial charge is 0.496 e. The van der Waals surface area contributed by atoms with Crippen molar-refractivity contribution < 1.29 is 9.15 Å². The van der Waals surface area contributed by atoms with Crippen LogP contribution in [0.1, 0.15) is 36.5 Å². The predicted octanol–water partition coefficient (Wildman–Crippen LogP) is 4.53. The molecule has 0 radical (unpaired) electrons. The Bertz CT molecular complexity index is 580. The van der Waals surface area contributed by atoms with Crippen LogP contribution in [0.15, 0.2) is 34.7 Å². The molecule has 1 heterocycles. The van der Waals surface area contributed by atoms with E-state index in [9.17, 15) is 0 Å². The molecule has 1 N–H and O–H groups in total. The molecule has 0 fully saturated rings. The van der Waals surface area contributed by atoms with Crippen LogP contribution in [0.3, 0.4) is 0 Å². The SMILES string of the molecule is CCCNC(Cc1cc(Cl)ccc1OC)c1ccc(C)o1. The Morgan fingerprint density at radius 2 is 2.10 bits per heavy atom. The van der Waals surface area contributed by atoms with Crippen molar-refractivity contribution in [1.82, 2.24) is 5.32 Å². The van der Waals surface area contributed by atoms with Gasteiger partial charge in [0.15, 0.2) is 0 Å². The molecule has 0 aliphatic rings. The number of ether oxygens (including phenoxy) is 1. The number of halogens is 1. The number of benzene rings is 1. The van der Waals surface area contributed by atoms with Gasteiger partial charge in [0.1, 0.15) is 17.3 Å². The first-order chi connectivity index (χ1) is 10.1. The molecular weight excluding hydrogens is 286 g/mol. The summed E-state index contributed by atoms with van der Waals surface area (Å²) < 4.78 is 11.2. The monoisotopic (exact) mass is 307 g/mol. The summed E-state index contributed by atoms with van der Waals surface area (Å²) in [6, 6.07) is 9.84.